The number of nitrogens with one attached hydrogen (secondary N) is 1. The monoisotopic (exact) mass is 614 g/mol. The van der Waals surface area contributed by atoms with Gasteiger partial charge in [0, 0.05) is 48.9 Å². The first-order chi connectivity index (χ1) is 21.4. The number of carbonyl (C=O) groups is 2. The molecule has 0 spiro atoms. The number of amides is 2. The van der Waals surface area contributed by atoms with Crippen LogP contribution in [0.15, 0.2) is 60.9 Å². The van der Waals surface area contributed by atoms with Gasteiger partial charge in [0.2, 0.25) is 5.95 Å². The van der Waals surface area contributed by atoms with E-state index in [1.54, 1.807) is 24.4 Å². The second kappa shape index (κ2) is 11.4. The number of anilines is 1. The lowest BCUT2D eigenvalue weighted by Crippen LogP contribution is -2.51. The maximum atomic E-state index is 13.9. The van der Waals surface area contributed by atoms with Crippen LogP contribution in [0.2, 0.25) is 0 Å². The van der Waals surface area contributed by atoms with Crippen molar-refractivity contribution in [2.24, 2.45) is 12.5 Å². The van der Waals surface area contributed by atoms with E-state index < -0.39 is 17.9 Å². The molecule has 2 atom stereocenters. The van der Waals surface area contributed by atoms with E-state index in [1.807, 2.05) is 38.6 Å². The van der Waals surface area contributed by atoms with Gasteiger partial charge in [-0.25, -0.2) is 23.7 Å². The molecule has 2 N–H and O–H groups in total. The van der Waals surface area contributed by atoms with Crippen LogP contribution in [0.3, 0.4) is 0 Å². The summed E-state index contributed by atoms with van der Waals surface area (Å²) >= 11 is 0. The van der Waals surface area contributed by atoms with Crippen LogP contribution in [0.25, 0.3) is 28.2 Å². The minimum atomic E-state index is -0.935. The molecule has 0 aliphatic carbocycles. The molecule has 45 heavy (non-hydrogen) atoms. The molecule has 4 aromatic heterocycles. The van der Waals surface area contributed by atoms with Crippen molar-refractivity contribution in [3.63, 3.8) is 0 Å². The molecule has 13 heteroatoms. The summed E-state index contributed by atoms with van der Waals surface area (Å²) in [5.41, 5.74) is 3.80. The maximum Gasteiger partial charge on any atom is 0.407 e. The predicted molar refractivity (Wildman–Crippen MR) is 163 cm³/mol. The molecule has 5 aromatic rings. The molecule has 1 saturated heterocycles. The van der Waals surface area contributed by atoms with Crippen molar-refractivity contribution in [2.75, 3.05) is 11.9 Å². The van der Waals surface area contributed by atoms with Crippen LogP contribution in [-0.4, -0.2) is 64.0 Å². The number of benzene rings is 1. The van der Waals surface area contributed by atoms with E-state index in [2.05, 4.69) is 15.3 Å². The molecular weight excluding hydrogens is 582 g/mol. The zero-order chi connectivity index (χ0) is 32.0. The topological polar surface area (TPSA) is 131 Å². The van der Waals surface area contributed by atoms with E-state index in [-0.39, 0.29) is 34.6 Å². The first-order valence-corrected chi connectivity index (χ1v) is 14.5. The smallest absolute Gasteiger partial charge is 0.407 e. The van der Waals surface area contributed by atoms with Crippen LogP contribution < -0.4 is 5.32 Å². The number of pyridine rings is 1. The quantitative estimate of drug-likeness (QED) is 0.233. The number of hydrogen-bond donors (Lipinski definition) is 2. The van der Waals surface area contributed by atoms with Crippen LogP contribution in [-0.2, 0) is 7.05 Å². The Morgan fingerprint density at radius 3 is 2.49 bits per heavy atom. The number of imidazole rings is 1. The number of piperidine rings is 1. The Kier molecular flexibility index (Phi) is 7.55. The third kappa shape index (κ3) is 5.85. The summed E-state index contributed by atoms with van der Waals surface area (Å²) < 4.78 is 30.8. The van der Waals surface area contributed by atoms with E-state index in [0.717, 1.165) is 17.3 Å². The molecule has 2 unspecified atom stereocenters. The maximum absolute atomic E-state index is 13.9. The van der Waals surface area contributed by atoms with Crippen molar-refractivity contribution >= 4 is 23.5 Å². The van der Waals surface area contributed by atoms with Crippen molar-refractivity contribution in [1.82, 2.24) is 34.3 Å². The number of likely N-dealkylation sites (tertiary alicyclic amines) is 1. The van der Waals surface area contributed by atoms with E-state index in [1.165, 1.54) is 33.8 Å². The van der Waals surface area contributed by atoms with Gasteiger partial charge in [-0.2, -0.15) is 14.6 Å². The highest BCUT2D eigenvalue weighted by Crippen LogP contribution is 2.44. The molecule has 11 nitrogen and oxygen atoms in total. The summed E-state index contributed by atoms with van der Waals surface area (Å²) in [5, 5.41) is 22.3. The number of nitrogens with zero attached hydrogens (tertiary/aromatic N) is 7. The van der Waals surface area contributed by atoms with Gasteiger partial charge in [0.15, 0.2) is 11.5 Å². The Morgan fingerprint density at radius 1 is 1.04 bits per heavy atom. The summed E-state index contributed by atoms with van der Waals surface area (Å²) in [4.78, 5) is 34.3. The molecule has 0 bridgehead atoms. The van der Waals surface area contributed by atoms with E-state index in [9.17, 15) is 23.5 Å². The van der Waals surface area contributed by atoms with Gasteiger partial charge in [-0.15, -0.1) is 0 Å². The van der Waals surface area contributed by atoms with Crippen LogP contribution in [0.4, 0.5) is 19.4 Å². The summed E-state index contributed by atoms with van der Waals surface area (Å²) in [5.74, 6) is -1.50. The van der Waals surface area contributed by atoms with Gasteiger partial charge in [0.1, 0.15) is 11.5 Å². The van der Waals surface area contributed by atoms with Crippen LogP contribution in [0.5, 0.6) is 0 Å². The number of carboxylic acid groups (broad SMARTS) is 1. The number of carbonyl (C=O) groups excluding carboxylic acids is 1. The van der Waals surface area contributed by atoms with Crippen LogP contribution in [0, 0.1) is 17.2 Å². The van der Waals surface area contributed by atoms with Crippen molar-refractivity contribution < 1.29 is 23.5 Å². The SMILES string of the molecule is Cn1nc(-c2ccc(F)cc2)c(-c2ccc3nc(NC(=O)c4ccnc(F)c4)cn3n2)c1C1CCN(C(=O)O)C(C(C)(C)C)C1. The van der Waals surface area contributed by atoms with Gasteiger partial charge < -0.3 is 15.3 Å². The Labute approximate surface area is 257 Å². The normalized spacial score (nSPS) is 17.1. The van der Waals surface area contributed by atoms with Gasteiger partial charge in [0.05, 0.1) is 23.1 Å². The fraction of sp³-hybridized carbons (Fsp3) is 0.312. The Hall–Kier alpha value is -5.20. The summed E-state index contributed by atoms with van der Waals surface area (Å²) in [6.07, 6.45) is 3.01. The molecule has 1 fully saturated rings. The Balaban J connectivity index is 1.42. The van der Waals surface area contributed by atoms with Crippen molar-refractivity contribution in [3.05, 3.63) is 83.9 Å². The fourth-order valence-electron chi connectivity index (χ4n) is 6.14. The van der Waals surface area contributed by atoms with Gasteiger partial charge in [-0.05, 0) is 60.7 Å². The summed E-state index contributed by atoms with van der Waals surface area (Å²) in [6, 6.07) is 11.9. The lowest BCUT2D eigenvalue weighted by molar-refractivity contribution is 0.0517. The van der Waals surface area contributed by atoms with Gasteiger partial charge >= 0.3 is 6.09 Å². The molecule has 1 aliphatic rings. The largest absolute Gasteiger partial charge is 0.465 e. The van der Waals surface area contributed by atoms with Gasteiger partial charge in [-0.3, -0.25) is 9.48 Å². The van der Waals surface area contributed by atoms with Crippen LogP contribution >= 0.6 is 0 Å². The molecule has 232 valence electrons. The van der Waals surface area contributed by atoms with Gasteiger partial charge in [-0.1, -0.05) is 20.8 Å². The lowest BCUT2D eigenvalue weighted by atomic mass is 9.75. The Morgan fingerprint density at radius 2 is 1.80 bits per heavy atom. The Bertz CT molecular complexity index is 1910. The number of rotatable bonds is 5. The third-order valence-corrected chi connectivity index (χ3v) is 8.25. The number of halogens is 2. The first-order valence-electron chi connectivity index (χ1n) is 14.5. The average molecular weight is 615 g/mol. The predicted octanol–water partition coefficient (Wildman–Crippen LogP) is 5.99. The van der Waals surface area contributed by atoms with Crippen molar-refractivity contribution in [2.45, 2.75) is 45.6 Å². The highest BCUT2D eigenvalue weighted by atomic mass is 19.1. The van der Waals surface area contributed by atoms with Crippen molar-refractivity contribution in [3.8, 4) is 22.5 Å². The first kappa shape index (κ1) is 29.9. The van der Waals surface area contributed by atoms with E-state index in [0.29, 0.717) is 42.0 Å². The molecule has 1 aliphatic heterocycles. The molecule has 6 rings (SSSR count). The number of hydrogen-bond acceptors (Lipinski definition) is 6. The van der Waals surface area contributed by atoms with Crippen molar-refractivity contribution in [1.29, 1.82) is 0 Å². The number of aromatic nitrogens is 6. The minimum absolute atomic E-state index is 0.0394. The molecule has 0 saturated carbocycles. The molecule has 5 heterocycles. The second-order valence-electron chi connectivity index (χ2n) is 12.3. The highest BCUT2D eigenvalue weighted by Gasteiger charge is 2.41. The highest BCUT2D eigenvalue weighted by molar-refractivity contribution is 6.03. The minimum Gasteiger partial charge on any atom is -0.465 e. The standard InChI is InChI=1S/C32H32F2N8O3/c1-32(2,3)23-15-19(12-14-41(23)31(44)45)29-27(28(39-40(29)4)18-5-7-21(33)8-6-18)22-9-10-26-36-25(17-42(26)38-22)37-30(43)20-11-13-35-24(34)16-20/h5-11,13,16-17,19,23H,12,14-15H2,1-4H3,(H,37,43)(H,44,45). The van der Waals surface area contributed by atoms with Gasteiger partial charge in [0.25, 0.3) is 5.91 Å². The lowest BCUT2D eigenvalue weighted by Gasteiger charge is -2.44. The molecule has 1 aromatic carbocycles. The second-order valence-corrected chi connectivity index (χ2v) is 12.3. The number of aryl methyl sites for hydroxylation is 1. The zero-order valence-electron chi connectivity index (χ0n) is 25.2. The summed E-state index contributed by atoms with van der Waals surface area (Å²) in [6.45, 7) is 6.50. The average Bonchev–Trinajstić information content (AvgIpc) is 3.56. The molecule has 2 amide bonds. The third-order valence-electron chi connectivity index (χ3n) is 8.25. The molecule has 0 radical (unpaired) electrons. The van der Waals surface area contributed by atoms with E-state index in [4.69, 9.17) is 10.2 Å². The summed E-state index contributed by atoms with van der Waals surface area (Å²) in [7, 11) is 1.85. The zero-order valence-corrected chi connectivity index (χ0v) is 25.2. The fourth-order valence-corrected chi connectivity index (χ4v) is 6.14. The molecular formula is C32H32F2N8O3. The van der Waals surface area contributed by atoms with E-state index >= 15 is 0 Å². The number of fused-ring (bicyclic) bond motifs is 1. The van der Waals surface area contributed by atoms with Crippen LogP contribution in [0.1, 0.15) is 55.6 Å².